The monoisotopic (exact) mass is 451 g/mol. The molecule has 4 aliphatic rings. The molecule has 0 radical (unpaired) electrons. The molecule has 4 fully saturated rings. The van der Waals surface area contributed by atoms with Crippen molar-refractivity contribution in [3.8, 4) is 0 Å². The summed E-state index contributed by atoms with van der Waals surface area (Å²) < 4.78 is 17.2. The predicted molar refractivity (Wildman–Crippen MR) is 120 cm³/mol. The van der Waals surface area contributed by atoms with E-state index in [0.717, 1.165) is 77.7 Å². The van der Waals surface area contributed by atoms with E-state index in [1.807, 2.05) is 0 Å². The van der Waals surface area contributed by atoms with Gasteiger partial charge in [0.05, 0.1) is 12.2 Å². The first-order chi connectivity index (χ1) is 15.6. The number of carbonyl (C=O) groups excluding carboxylic acids is 2. The zero-order chi connectivity index (χ0) is 22.3. The lowest BCUT2D eigenvalue weighted by Gasteiger charge is -2.46. The molecule has 2 aliphatic heterocycles. The van der Waals surface area contributed by atoms with Gasteiger partial charge in [-0.2, -0.15) is 0 Å². The minimum absolute atomic E-state index is 0.00606. The van der Waals surface area contributed by atoms with Gasteiger partial charge in [-0.1, -0.05) is 0 Å². The molecule has 0 aromatic heterocycles. The van der Waals surface area contributed by atoms with Crippen LogP contribution in [-0.4, -0.2) is 81.7 Å². The van der Waals surface area contributed by atoms with Crippen molar-refractivity contribution in [2.24, 2.45) is 17.8 Å². The quantitative estimate of drug-likeness (QED) is 0.407. The highest BCUT2D eigenvalue weighted by molar-refractivity contribution is 5.77. The third-order valence-electron chi connectivity index (χ3n) is 8.05. The molecule has 4 unspecified atom stereocenters. The summed E-state index contributed by atoms with van der Waals surface area (Å²) in [6.07, 6.45) is 8.99. The van der Waals surface area contributed by atoms with Gasteiger partial charge in [0.1, 0.15) is 12.7 Å². The molecule has 0 spiro atoms. The molecule has 0 aromatic rings. The molecule has 0 bridgehead atoms. The third-order valence-corrected chi connectivity index (χ3v) is 8.05. The van der Waals surface area contributed by atoms with Crippen molar-refractivity contribution in [2.75, 3.05) is 46.6 Å². The summed E-state index contributed by atoms with van der Waals surface area (Å²) in [7, 11) is 1.80. The molecule has 2 saturated carbocycles. The molecule has 2 saturated heterocycles. The van der Waals surface area contributed by atoms with Crippen LogP contribution >= 0.6 is 0 Å². The lowest BCUT2D eigenvalue weighted by atomic mass is 9.65. The van der Waals surface area contributed by atoms with Gasteiger partial charge in [-0.25, -0.2) is 0 Å². The molecule has 2 heterocycles. The van der Waals surface area contributed by atoms with Gasteiger partial charge < -0.3 is 24.8 Å². The van der Waals surface area contributed by atoms with Crippen LogP contribution in [0.5, 0.6) is 0 Å². The van der Waals surface area contributed by atoms with Gasteiger partial charge in [-0.15, -0.1) is 0 Å². The first kappa shape index (κ1) is 23.9. The maximum Gasteiger partial charge on any atom is 0.306 e. The predicted octanol–water partition coefficient (Wildman–Crippen LogP) is 1.68. The van der Waals surface area contributed by atoms with Crippen molar-refractivity contribution < 1.29 is 23.8 Å². The van der Waals surface area contributed by atoms with Crippen LogP contribution in [0.15, 0.2) is 0 Å². The van der Waals surface area contributed by atoms with Crippen LogP contribution < -0.4 is 10.6 Å². The summed E-state index contributed by atoms with van der Waals surface area (Å²) in [6, 6.07) is 0. The highest BCUT2D eigenvalue weighted by Gasteiger charge is 2.46. The number of fused-ring (bicyclic) bond motifs is 1. The minimum atomic E-state index is -0.0586. The van der Waals surface area contributed by atoms with Crippen LogP contribution in [0.25, 0.3) is 0 Å². The van der Waals surface area contributed by atoms with Crippen LogP contribution in [0.1, 0.15) is 57.8 Å². The summed E-state index contributed by atoms with van der Waals surface area (Å²) in [5.41, 5.74) is 0. The van der Waals surface area contributed by atoms with E-state index in [1.165, 1.54) is 0 Å². The van der Waals surface area contributed by atoms with E-state index >= 15 is 0 Å². The summed E-state index contributed by atoms with van der Waals surface area (Å²) >= 11 is 0. The number of nitrogens with one attached hydrogen (secondary N) is 2. The molecular formula is C24H41N3O5. The lowest BCUT2D eigenvalue weighted by molar-refractivity contribution is -0.176. The second-order valence-corrected chi connectivity index (χ2v) is 10.1. The van der Waals surface area contributed by atoms with E-state index in [9.17, 15) is 9.59 Å². The first-order valence-corrected chi connectivity index (χ1v) is 12.7. The normalized spacial score (nSPS) is 35.8. The van der Waals surface area contributed by atoms with E-state index in [0.29, 0.717) is 36.8 Å². The van der Waals surface area contributed by atoms with Crippen molar-refractivity contribution in [3.63, 3.8) is 0 Å². The first-order valence-electron chi connectivity index (χ1n) is 12.7. The zero-order valence-electron chi connectivity index (χ0n) is 19.6. The molecule has 2 aliphatic carbocycles. The van der Waals surface area contributed by atoms with E-state index in [4.69, 9.17) is 14.2 Å². The number of carbonyl (C=O) groups is 2. The summed E-state index contributed by atoms with van der Waals surface area (Å²) in [5, 5.41) is 6.27. The Kier molecular flexibility index (Phi) is 8.80. The number of hydrogen-bond acceptors (Lipinski definition) is 7. The van der Waals surface area contributed by atoms with E-state index in [2.05, 4.69) is 15.5 Å². The van der Waals surface area contributed by atoms with Gasteiger partial charge in [0.15, 0.2) is 0 Å². The Bertz CT molecular complexity index is 619. The van der Waals surface area contributed by atoms with Crippen molar-refractivity contribution >= 4 is 11.9 Å². The van der Waals surface area contributed by atoms with Crippen LogP contribution in [0, 0.1) is 17.8 Å². The van der Waals surface area contributed by atoms with Crippen LogP contribution in [0.3, 0.4) is 0 Å². The number of methoxy groups -OCH3 is 1. The molecule has 2 N–H and O–H groups in total. The topological polar surface area (TPSA) is 89.1 Å². The van der Waals surface area contributed by atoms with E-state index < -0.39 is 0 Å². The van der Waals surface area contributed by atoms with Crippen molar-refractivity contribution in [2.45, 2.75) is 76.1 Å². The Balaban J connectivity index is 1.17. The smallest absolute Gasteiger partial charge is 0.306 e. The number of ether oxygens (including phenoxy) is 3. The van der Waals surface area contributed by atoms with Gasteiger partial charge in [0, 0.05) is 52.8 Å². The fourth-order valence-corrected chi connectivity index (χ4v) is 6.24. The molecule has 0 aromatic carbocycles. The molecule has 32 heavy (non-hydrogen) atoms. The van der Waals surface area contributed by atoms with Crippen molar-refractivity contribution in [1.82, 2.24) is 15.5 Å². The van der Waals surface area contributed by atoms with E-state index in [-0.39, 0.29) is 30.7 Å². The second-order valence-electron chi connectivity index (χ2n) is 10.1. The highest BCUT2D eigenvalue weighted by Crippen LogP contribution is 2.46. The van der Waals surface area contributed by atoms with E-state index in [1.54, 1.807) is 7.11 Å². The van der Waals surface area contributed by atoms with Gasteiger partial charge in [0.25, 0.3) is 0 Å². The van der Waals surface area contributed by atoms with Crippen LogP contribution in [0.4, 0.5) is 0 Å². The lowest BCUT2D eigenvalue weighted by Crippen LogP contribution is -2.48. The molecule has 182 valence electrons. The summed E-state index contributed by atoms with van der Waals surface area (Å²) in [4.78, 5) is 26.9. The summed E-state index contributed by atoms with van der Waals surface area (Å²) in [6.45, 7) is 4.85. The van der Waals surface area contributed by atoms with Gasteiger partial charge >= 0.3 is 5.97 Å². The molecule has 1 amide bonds. The Labute approximate surface area is 192 Å². The van der Waals surface area contributed by atoms with Crippen molar-refractivity contribution in [3.05, 3.63) is 0 Å². The Morgan fingerprint density at radius 1 is 1.16 bits per heavy atom. The fraction of sp³-hybridized carbons (Fsp3) is 0.917. The fourth-order valence-electron chi connectivity index (χ4n) is 6.24. The Hall–Kier alpha value is -1.22. The molecular weight excluding hydrogens is 410 g/mol. The zero-order valence-corrected chi connectivity index (χ0v) is 19.6. The maximum atomic E-state index is 12.3. The minimum Gasteiger partial charge on any atom is -0.462 e. The van der Waals surface area contributed by atoms with Gasteiger partial charge in [0.2, 0.25) is 5.91 Å². The number of rotatable bonds is 9. The SMILES string of the molecule is COC1CCC(C2CC(=O)OC3CC(OCC(=O)NCCCN4CCNC4)CCC32)CC1. The molecule has 8 nitrogen and oxygen atoms in total. The Morgan fingerprint density at radius 3 is 2.72 bits per heavy atom. The molecule has 4 atom stereocenters. The highest BCUT2D eigenvalue weighted by atomic mass is 16.5. The molecule has 8 heteroatoms. The van der Waals surface area contributed by atoms with Crippen molar-refractivity contribution in [1.29, 1.82) is 0 Å². The van der Waals surface area contributed by atoms with Crippen LogP contribution in [0.2, 0.25) is 0 Å². The maximum absolute atomic E-state index is 12.3. The number of hydrogen-bond donors (Lipinski definition) is 2. The third kappa shape index (κ3) is 6.43. The average molecular weight is 452 g/mol. The van der Waals surface area contributed by atoms with Gasteiger partial charge in [-0.3, -0.25) is 14.5 Å². The summed E-state index contributed by atoms with van der Waals surface area (Å²) in [5.74, 6) is 1.35. The molecule has 4 rings (SSSR count). The largest absolute Gasteiger partial charge is 0.462 e. The number of amides is 1. The average Bonchev–Trinajstić information content (AvgIpc) is 3.33. The Morgan fingerprint density at radius 2 is 1.97 bits per heavy atom. The second kappa shape index (κ2) is 11.8. The van der Waals surface area contributed by atoms with Gasteiger partial charge in [-0.05, 0) is 62.7 Å². The number of nitrogens with zero attached hydrogens (tertiary/aromatic N) is 1. The number of esters is 1. The van der Waals surface area contributed by atoms with Crippen LogP contribution in [-0.2, 0) is 23.8 Å². The standard InChI is InChI=1S/C24H41N3O5/c1-30-18-5-3-17(4-6-18)21-14-24(29)32-22-13-19(7-8-20(21)22)31-15-23(28)26-9-2-11-27-12-10-25-16-27/h17-22,25H,2-16H2,1H3,(H,26,28).